The Morgan fingerprint density at radius 2 is 1.00 bits per heavy atom. The van der Waals surface area contributed by atoms with Gasteiger partial charge in [-0.25, -0.2) is 0 Å². The van der Waals surface area contributed by atoms with Gasteiger partial charge in [0.05, 0.1) is 6.07 Å². The molecule has 152 valence electrons. The number of thiol groups is 1. The first-order valence-corrected chi connectivity index (χ1v) is 11.8. The molecule has 26 heavy (non-hydrogen) atoms. The van der Waals surface area contributed by atoms with E-state index in [9.17, 15) is 4.79 Å². The molecular formula is C23H43NOS. The van der Waals surface area contributed by atoms with E-state index in [0.29, 0.717) is 6.42 Å². The lowest BCUT2D eigenvalue weighted by Gasteiger charge is -2.05. The lowest BCUT2D eigenvalue weighted by Crippen LogP contribution is -2.05. The van der Waals surface area contributed by atoms with Crippen LogP contribution in [0, 0.1) is 17.2 Å². The number of carbonyl (C=O) groups is 1. The van der Waals surface area contributed by atoms with Crippen LogP contribution in [0.1, 0.15) is 129 Å². The van der Waals surface area contributed by atoms with Gasteiger partial charge in [-0.2, -0.15) is 5.26 Å². The minimum atomic E-state index is -0.501. The second-order valence-electron chi connectivity index (χ2n) is 7.82. The highest BCUT2D eigenvalue weighted by Gasteiger charge is 2.12. The third kappa shape index (κ3) is 18.3. The predicted molar refractivity (Wildman–Crippen MR) is 116 cm³/mol. The van der Waals surface area contributed by atoms with Crippen molar-refractivity contribution in [2.45, 2.75) is 129 Å². The molecule has 1 atom stereocenters. The average Bonchev–Trinajstić information content (AvgIpc) is 2.63. The Hall–Kier alpha value is -0.490. The molecule has 0 fully saturated rings. The number of nitrogens with zero attached hydrogens (tertiary/aromatic N) is 1. The quantitative estimate of drug-likeness (QED) is 0.171. The molecule has 0 aliphatic rings. The minimum absolute atomic E-state index is 0.278. The number of hydrogen-bond donors (Lipinski definition) is 1. The highest BCUT2D eigenvalue weighted by atomic mass is 32.1. The number of carbonyl (C=O) groups excluding carboxylic acids is 1. The second-order valence-corrected chi connectivity index (χ2v) is 8.26. The zero-order chi connectivity index (χ0) is 19.3. The fourth-order valence-electron chi connectivity index (χ4n) is 3.49. The van der Waals surface area contributed by atoms with E-state index in [-0.39, 0.29) is 5.12 Å². The maximum absolute atomic E-state index is 11.0. The fourth-order valence-corrected chi connectivity index (χ4v) is 3.68. The van der Waals surface area contributed by atoms with Crippen LogP contribution in [0.4, 0.5) is 0 Å². The van der Waals surface area contributed by atoms with Gasteiger partial charge in [-0.15, -0.1) is 12.6 Å². The third-order valence-electron chi connectivity index (χ3n) is 5.30. The topological polar surface area (TPSA) is 40.9 Å². The van der Waals surface area contributed by atoms with Crippen LogP contribution in [0.25, 0.3) is 0 Å². The Bertz CT molecular complexity index is 351. The Labute approximate surface area is 168 Å². The van der Waals surface area contributed by atoms with Gasteiger partial charge in [0, 0.05) is 0 Å². The molecule has 0 aliphatic carbocycles. The molecule has 0 aromatic carbocycles. The van der Waals surface area contributed by atoms with Crippen molar-refractivity contribution in [1.82, 2.24) is 0 Å². The van der Waals surface area contributed by atoms with E-state index in [2.05, 4.69) is 19.6 Å². The summed E-state index contributed by atoms with van der Waals surface area (Å²) in [5.74, 6) is -0.501. The molecule has 0 saturated heterocycles. The summed E-state index contributed by atoms with van der Waals surface area (Å²) in [6.07, 6.45) is 25.1. The summed E-state index contributed by atoms with van der Waals surface area (Å²) < 4.78 is 0. The molecule has 0 heterocycles. The minimum Gasteiger partial charge on any atom is -0.286 e. The molecule has 0 spiro atoms. The van der Waals surface area contributed by atoms with Crippen LogP contribution in [-0.2, 0) is 4.79 Å². The highest BCUT2D eigenvalue weighted by Crippen LogP contribution is 2.16. The molecule has 2 nitrogen and oxygen atoms in total. The monoisotopic (exact) mass is 381 g/mol. The zero-order valence-electron chi connectivity index (χ0n) is 17.3. The molecule has 0 amide bonds. The molecule has 0 N–H and O–H groups in total. The van der Waals surface area contributed by atoms with Crippen molar-refractivity contribution in [1.29, 1.82) is 5.26 Å². The molecule has 0 aromatic rings. The Morgan fingerprint density at radius 3 is 1.27 bits per heavy atom. The molecule has 0 bridgehead atoms. The molecule has 0 radical (unpaired) electrons. The summed E-state index contributed by atoms with van der Waals surface area (Å²) in [7, 11) is 0. The van der Waals surface area contributed by atoms with Crippen molar-refractivity contribution >= 4 is 17.7 Å². The maximum atomic E-state index is 11.0. The van der Waals surface area contributed by atoms with Crippen LogP contribution in [0.15, 0.2) is 0 Å². The molecular weight excluding hydrogens is 338 g/mol. The van der Waals surface area contributed by atoms with Crippen molar-refractivity contribution in [2.24, 2.45) is 5.92 Å². The van der Waals surface area contributed by atoms with E-state index in [1.165, 1.54) is 103 Å². The van der Waals surface area contributed by atoms with E-state index in [1.54, 1.807) is 0 Å². The Balaban J connectivity index is 3.11. The van der Waals surface area contributed by atoms with Crippen LogP contribution in [0.5, 0.6) is 0 Å². The van der Waals surface area contributed by atoms with Crippen LogP contribution < -0.4 is 0 Å². The maximum Gasteiger partial charge on any atom is 0.203 e. The molecule has 1 unspecified atom stereocenters. The van der Waals surface area contributed by atoms with Crippen molar-refractivity contribution in [2.75, 3.05) is 0 Å². The number of rotatable bonds is 20. The molecule has 0 aromatic heterocycles. The normalized spacial score (nSPS) is 12.0. The lowest BCUT2D eigenvalue weighted by atomic mass is 10.0. The number of unbranched alkanes of at least 4 members (excludes halogenated alkanes) is 17. The summed E-state index contributed by atoms with van der Waals surface area (Å²) in [6, 6.07) is 2.03. The molecule has 0 rings (SSSR count). The van der Waals surface area contributed by atoms with Crippen LogP contribution in [0.3, 0.4) is 0 Å². The van der Waals surface area contributed by atoms with Crippen molar-refractivity contribution < 1.29 is 4.79 Å². The summed E-state index contributed by atoms with van der Waals surface area (Å²) in [6.45, 7) is 2.28. The first kappa shape index (κ1) is 25.5. The van der Waals surface area contributed by atoms with Crippen molar-refractivity contribution in [3.05, 3.63) is 0 Å². The van der Waals surface area contributed by atoms with Gasteiger partial charge in [-0.3, -0.25) is 4.79 Å². The fraction of sp³-hybridized carbons (Fsp3) is 0.913. The van der Waals surface area contributed by atoms with Gasteiger partial charge in [0.15, 0.2) is 0 Å². The largest absolute Gasteiger partial charge is 0.286 e. The van der Waals surface area contributed by atoms with E-state index < -0.39 is 5.92 Å². The first-order chi connectivity index (χ1) is 12.7. The molecule has 0 aliphatic heterocycles. The van der Waals surface area contributed by atoms with Gasteiger partial charge in [0.2, 0.25) is 5.12 Å². The summed E-state index contributed by atoms with van der Waals surface area (Å²) in [5.41, 5.74) is 0. The smallest absolute Gasteiger partial charge is 0.203 e. The van der Waals surface area contributed by atoms with Crippen LogP contribution in [-0.4, -0.2) is 5.12 Å². The first-order valence-electron chi connectivity index (χ1n) is 11.3. The number of nitriles is 1. The summed E-state index contributed by atoms with van der Waals surface area (Å²) >= 11 is 3.75. The SMILES string of the molecule is CCCCCCCCCCCCCCCCCCCCC(C#N)C(=O)S. The lowest BCUT2D eigenvalue weighted by molar-refractivity contribution is -0.112. The highest BCUT2D eigenvalue weighted by molar-refractivity contribution is 7.96. The Kier molecular flexibility index (Phi) is 20.4. The van der Waals surface area contributed by atoms with E-state index in [1.807, 2.05) is 6.07 Å². The van der Waals surface area contributed by atoms with Gasteiger partial charge < -0.3 is 0 Å². The van der Waals surface area contributed by atoms with Crippen molar-refractivity contribution in [3.8, 4) is 6.07 Å². The van der Waals surface area contributed by atoms with Gasteiger partial charge in [-0.05, 0) is 6.42 Å². The van der Waals surface area contributed by atoms with Gasteiger partial charge in [0.1, 0.15) is 5.92 Å². The van der Waals surface area contributed by atoms with E-state index >= 15 is 0 Å². The van der Waals surface area contributed by atoms with Crippen LogP contribution in [0.2, 0.25) is 0 Å². The van der Waals surface area contributed by atoms with E-state index in [0.717, 1.165) is 12.8 Å². The summed E-state index contributed by atoms with van der Waals surface area (Å²) in [4.78, 5) is 11.0. The van der Waals surface area contributed by atoms with Crippen molar-refractivity contribution in [3.63, 3.8) is 0 Å². The second kappa shape index (κ2) is 20.8. The zero-order valence-corrected chi connectivity index (χ0v) is 18.2. The number of hydrogen-bond acceptors (Lipinski definition) is 2. The van der Waals surface area contributed by atoms with Crippen LogP contribution >= 0.6 is 12.6 Å². The molecule has 0 saturated carbocycles. The van der Waals surface area contributed by atoms with E-state index in [4.69, 9.17) is 5.26 Å². The van der Waals surface area contributed by atoms with Gasteiger partial charge in [0.25, 0.3) is 0 Å². The average molecular weight is 382 g/mol. The summed E-state index contributed by atoms with van der Waals surface area (Å²) in [5, 5.41) is 8.54. The third-order valence-corrected chi connectivity index (χ3v) is 5.61. The Morgan fingerprint density at radius 1 is 0.692 bits per heavy atom. The van der Waals surface area contributed by atoms with Gasteiger partial charge in [-0.1, -0.05) is 122 Å². The molecule has 3 heteroatoms. The predicted octanol–water partition coefficient (Wildman–Crippen LogP) is 8.01. The standard InChI is InChI=1S/C23H43NOS/c1-2-3-4-5-6-7-8-9-10-11-12-13-14-15-16-17-18-19-20-22(21-24)23(25)26/h22H,2-20H2,1H3,(H,25,26). The van der Waals surface area contributed by atoms with Gasteiger partial charge >= 0.3 is 0 Å².